The molecule has 3 heteroatoms. The van der Waals surface area contributed by atoms with Gasteiger partial charge in [-0.05, 0) is 30.3 Å². The number of benzene rings is 2. The van der Waals surface area contributed by atoms with E-state index in [0.29, 0.717) is 5.69 Å². The summed E-state index contributed by atoms with van der Waals surface area (Å²) in [6.07, 6.45) is 1.96. The molecule has 0 unspecified atom stereocenters. The van der Waals surface area contributed by atoms with Gasteiger partial charge in [0, 0.05) is 16.6 Å². The number of aromatic nitrogens is 1. The van der Waals surface area contributed by atoms with Gasteiger partial charge >= 0.3 is 0 Å². The Bertz CT molecular complexity index is 766. The monoisotopic (exact) mass is 252 g/mol. The molecule has 3 rings (SSSR count). The summed E-state index contributed by atoms with van der Waals surface area (Å²) in [6.45, 7) is 7.22. The van der Waals surface area contributed by atoms with Gasteiger partial charge in [-0.15, -0.1) is 0 Å². The maximum atomic E-state index is 7.22. The molecule has 2 nitrogen and oxygen atoms in total. The van der Waals surface area contributed by atoms with E-state index in [4.69, 9.17) is 18.2 Å². The number of rotatable bonds is 1. The third-order valence-corrected chi connectivity index (χ3v) is 3.15. The highest BCUT2D eigenvalue weighted by atomic mass is 35.5. The van der Waals surface area contributed by atoms with Gasteiger partial charge in [0.1, 0.15) is 0 Å². The summed E-state index contributed by atoms with van der Waals surface area (Å²) in [7, 11) is 0. The van der Waals surface area contributed by atoms with E-state index >= 15 is 0 Å². The first kappa shape index (κ1) is 10.9. The first-order chi connectivity index (χ1) is 8.79. The van der Waals surface area contributed by atoms with Crippen LogP contribution in [0.2, 0.25) is 5.02 Å². The quantitative estimate of drug-likeness (QED) is 0.549. The molecule has 0 aliphatic heterocycles. The van der Waals surface area contributed by atoms with Crippen LogP contribution in [0.4, 0.5) is 5.69 Å². The highest BCUT2D eigenvalue weighted by molar-refractivity contribution is 6.31. The Morgan fingerprint density at radius 1 is 1.06 bits per heavy atom. The summed E-state index contributed by atoms with van der Waals surface area (Å²) in [5.41, 5.74) is 2.59. The van der Waals surface area contributed by atoms with E-state index in [-0.39, 0.29) is 0 Å². The van der Waals surface area contributed by atoms with Gasteiger partial charge in [-0.1, -0.05) is 29.8 Å². The molecule has 2 aromatic carbocycles. The second-order valence-electron chi connectivity index (χ2n) is 3.99. The lowest BCUT2D eigenvalue weighted by molar-refractivity contribution is 1.13. The van der Waals surface area contributed by atoms with Gasteiger partial charge in [0.2, 0.25) is 5.69 Å². The summed E-state index contributed by atoms with van der Waals surface area (Å²) in [5.74, 6) is 0. The van der Waals surface area contributed by atoms with E-state index in [9.17, 15) is 0 Å². The highest BCUT2D eigenvalue weighted by Crippen LogP contribution is 2.28. The first-order valence-corrected chi connectivity index (χ1v) is 5.91. The molecule has 0 radical (unpaired) electrons. The molecular weight excluding hydrogens is 244 g/mol. The maximum absolute atomic E-state index is 7.22. The Balaban J connectivity index is 2.30. The molecule has 0 saturated heterocycles. The maximum Gasteiger partial charge on any atom is 0.210 e. The van der Waals surface area contributed by atoms with Crippen molar-refractivity contribution in [2.75, 3.05) is 0 Å². The van der Waals surface area contributed by atoms with Crippen LogP contribution in [0.5, 0.6) is 0 Å². The van der Waals surface area contributed by atoms with Crippen LogP contribution < -0.4 is 0 Å². The van der Waals surface area contributed by atoms with Crippen LogP contribution in [0.3, 0.4) is 0 Å². The van der Waals surface area contributed by atoms with Gasteiger partial charge in [-0.25, -0.2) is 4.85 Å². The topological polar surface area (TPSA) is 9.29 Å². The van der Waals surface area contributed by atoms with Gasteiger partial charge in [-0.3, -0.25) is 0 Å². The van der Waals surface area contributed by atoms with Crippen molar-refractivity contribution in [3.05, 3.63) is 71.2 Å². The van der Waals surface area contributed by atoms with Crippen molar-refractivity contribution in [1.82, 2.24) is 4.57 Å². The SMILES string of the molecule is [C-]#[N+]c1ccccc1-n1ccc2cc(Cl)ccc21. The number of fused-ring (bicyclic) bond motifs is 1. The lowest BCUT2D eigenvalue weighted by Gasteiger charge is -2.07. The minimum atomic E-state index is 0.643. The van der Waals surface area contributed by atoms with E-state index < -0.39 is 0 Å². The van der Waals surface area contributed by atoms with E-state index in [1.165, 1.54) is 0 Å². The van der Waals surface area contributed by atoms with Crippen molar-refractivity contribution in [2.45, 2.75) is 0 Å². The largest absolute Gasteiger partial charge is 0.326 e. The molecule has 0 N–H and O–H groups in total. The number of hydrogen-bond donors (Lipinski definition) is 0. The summed E-state index contributed by atoms with van der Waals surface area (Å²) in [6, 6.07) is 15.3. The molecule has 0 bridgehead atoms. The smallest absolute Gasteiger partial charge is 0.210 e. The van der Waals surface area contributed by atoms with Crippen molar-refractivity contribution in [3.8, 4) is 5.69 Å². The Kier molecular flexibility index (Phi) is 2.55. The number of hydrogen-bond acceptors (Lipinski definition) is 0. The predicted octanol–water partition coefficient (Wildman–Crippen LogP) is 4.83. The Hall–Kier alpha value is -2.24. The highest BCUT2D eigenvalue weighted by Gasteiger charge is 2.07. The Morgan fingerprint density at radius 3 is 2.72 bits per heavy atom. The Labute approximate surface area is 110 Å². The molecule has 0 fully saturated rings. The molecule has 0 aliphatic carbocycles. The van der Waals surface area contributed by atoms with Crippen LogP contribution >= 0.6 is 11.6 Å². The minimum Gasteiger partial charge on any atom is -0.326 e. The zero-order valence-corrected chi connectivity index (χ0v) is 10.2. The van der Waals surface area contributed by atoms with Crippen molar-refractivity contribution in [2.24, 2.45) is 0 Å². The lowest BCUT2D eigenvalue weighted by atomic mass is 10.2. The summed E-state index contributed by atoms with van der Waals surface area (Å²) < 4.78 is 2.01. The first-order valence-electron chi connectivity index (χ1n) is 5.53. The summed E-state index contributed by atoms with van der Waals surface area (Å²) >= 11 is 5.97. The van der Waals surface area contributed by atoms with Crippen LogP contribution in [-0.2, 0) is 0 Å². The molecule has 0 spiro atoms. The second-order valence-corrected chi connectivity index (χ2v) is 4.43. The molecule has 1 heterocycles. The standard InChI is InChI=1S/C15H9ClN2/c1-17-13-4-2-3-5-15(13)18-9-8-11-10-12(16)6-7-14(11)18/h2-10H. The number of halogens is 1. The van der Waals surface area contributed by atoms with Crippen LogP contribution in [0.25, 0.3) is 21.4 Å². The van der Waals surface area contributed by atoms with Crippen molar-refractivity contribution in [1.29, 1.82) is 0 Å². The molecule has 0 atom stereocenters. The van der Waals surface area contributed by atoms with Crippen molar-refractivity contribution >= 4 is 28.2 Å². The van der Waals surface area contributed by atoms with Gasteiger partial charge in [0.25, 0.3) is 0 Å². The molecule has 3 aromatic rings. The average molecular weight is 253 g/mol. The normalized spacial score (nSPS) is 10.4. The lowest BCUT2D eigenvalue weighted by Crippen LogP contribution is -1.91. The third-order valence-electron chi connectivity index (χ3n) is 2.91. The van der Waals surface area contributed by atoms with Crippen LogP contribution in [0, 0.1) is 6.57 Å². The summed E-state index contributed by atoms with van der Waals surface area (Å²) in [4.78, 5) is 3.55. The van der Waals surface area contributed by atoms with Gasteiger partial charge in [-0.2, -0.15) is 0 Å². The molecule has 0 aliphatic rings. The van der Waals surface area contributed by atoms with E-state index in [0.717, 1.165) is 21.6 Å². The summed E-state index contributed by atoms with van der Waals surface area (Å²) in [5, 5.41) is 1.79. The van der Waals surface area contributed by atoms with Gasteiger partial charge < -0.3 is 4.57 Å². The fourth-order valence-electron chi connectivity index (χ4n) is 2.09. The van der Waals surface area contributed by atoms with Crippen molar-refractivity contribution < 1.29 is 0 Å². The van der Waals surface area contributed by atoms with Gasteiger partial charge in [0.05, 0.1) is 17.8 Å². The minimum absolute atomic E-state index is 0.643. The molecule has 86 valence electrons. The number of nitrogens with zero attached hydrogens (tertiary/aromatic N) is 2. The third kappa shape index (κ3) is 1.66. The molecule has 0 amide bonds. The average Bonchev–Trinajstić information content (AvgIpc) is 2.81. The fraction of sp³-hybridized carbons (Fsp3) is 0. The Morgan fingerprint density at radius 2 is 1.89 bits per heavy atom. The zero-order valence-electron chi connectivity index (χ0n) is 9.47. The van der Waals surface area contributed by atoms with Crippen LogP contribution in [-0.4, -0.2) is 4.57 Å². The zero-order chi connectivity index (χ0) is 12.5. The van der Waals surface area contributed by atoms with E-state index in [1.54, 1.807) is 0 Å². The predicted molar refractivity (Wildman–Crippen MR) is 74.5 cm³/mol. The van der Waals surface area contributed by atoms with Crippen molar-refractivity contribution in [3.63, 3.8) is 0 Å². The van der Waals surface area contributed by atoms with Crippen LogP contribution in [0.15, 0.2) is 54.7 Å². The number of para-hydroxylation sites is 2. The van der Waals surface area contributed by atoms with E-state index in [2.05, 4.69) is 4.85 Å². The molecule has 1 aromatic heterocycles. The molecule has 0 saturated carbocycles. The second kappa shape index (κ2) is 4.21. The molecular formula is C15H9ClN2. The van der Waals surface area contributed by atoms with Gasteiger partial charge in [0.15, 0.2) is 0 Å². The fourth-order valence-corrected chi connectivity index (χ4v) is 2.27. The van der Waals surface area contributed by atoms with E-state index in [1.807, 2.05) is 59.3 Å². The molecule has 18 heavy (non-hydrogen) atoms. The van der Waals surface area contributed by atoms with Crippen LogP contribution in [0.1, 0.15) is 0 Å².